The lowest BCUT2D eigenvalue weighted by molar-refractivity contribution is -0.143. The third-order valence-electron chi connectivity index (χ3n) is 4.55. The Bertz CT molecular complexity index is 687. The Morgan fingerprint density at radius 2 is 1.96 bits per heavy atom. The van der Waals surface area contributed by atoms with Crippen LogP contribution in [0.1, 0.15) is 51.6 Å². The fourth-order valence-corrected chi connectivity index (χ4v) is 3.05. The normalized spacial score (nSPS) is 15.5. The van der Waals surface area contributed by atoms with Gasteiger partial charge in [0, 0.05) is 25.1 Å². The van der Waals surface area contributed by atoms with Gasteiger partial charge in [0.2, 0.25) is 11.8 Å². The Hall–Kier alpha value is -2.57. The predicted octanol–water partition coefficient (Wildman–Crippen LogP) is 2.36. The summed E-state index contributed by atoms with van der Waals surface area (Å²) in [5.41, 5.74) is 0.741. The summed E-state index contributed by atoms with van der Waals surface area (Å²) < 4.78 is 5.64. The first kappa shape index (κ1) is 20.7. The molecule has 7 heteroatoms. The summed E-state index contributed by atoms with van der Waals surface area (Å²) in [6, 6.07) is 6.89. The van der Waals surface area contributed by atoms with E-state index in [1.165, 1.54) is 6.92 Å². The highest BCUT2D eigenvalue weighted by Gasteiger charge is 2.35. The van der Waals surface area contributed by atoms with Gasteiger partial charge in [-0.15, -0.1) is 0 Å². The smallest absolute Gasteiger partial charge is 0.308 e. The minimum atomic E-state index is -0.923. The average molecular weight is 376 g/mol. The Morgan fingerprint density at radius 3 is 2.52 bits per heavy atom. The average Bonchev–Trinajstić information content (AvgIpc) is 3.44. The van der Waals surface area contributed by atoms with Gasteiger partial charge in [0.1, 0.15) is 5.75 Å². The van der Waals surface area contributed by atoms with Crippen LogP contribution in [0.15, 0.2) is 24.3 Å². The Morgan fingerprint density at radius 1 is 1.30 bits per heavy atom. The number of carbonyl (C=O) groups excluding carboxylic acids is 2. The molecule has 0 spiro atoms. The van der Waals surface area contributed by atoms with E-state index in [-0.39, 0.29) is 30.8 Å². The molecule has 148 valence electrons. The molecule has 1 aromatic rings. The summed E-state index contributed by atoms with van der Waals surface area (Å²) in [5.74, 6) is -1.33. The van der Waals surface area contributed by atoms with Gasteiger partial charge >= 0.3 is 5.97 Å². The third-order valence-corrected chi connectivity index (χ3v) is 4.55. The number of rotatable bonds is 10. The van der Waals surface area contributed by atoms with Crippen LogP contribution in [0, 0.1) is 5.92 Å². The largest absolute Gasteiger partial charge is 0.494 e. The van der Waals surface area contributed by atoms with Crippen molar-refractivity contribution in [1.82, 2.24) is 10.2 Å². The van der Waals surface area contributed by atoms with E-state index in [0.29, 0.717) is 12.4 Å². The number of amides is 2. The van der Waals surface area contributed by atoms with Crippen LogP contribution in [0.4, 0.5) is 0 Å². The number of aliphatic carboxylic acids is 1. The lowest BCUT2D eigenvalue weighted by Crippen LogP contribution is -2.41. The van der Waals surface area contributed by atoms with E-state index in [1.54, 1.807) is 11.8 Å². The van der Waals surface area contributed by atoms with Gasteiger partial charge in [0.05, 0.1) is 25.0 Å². The minimum Gasteiger partial charge on any atom is -0.494 e. The van der Waals surface area contributed by atoms with Crippen LogP contribution in [0.3, 0.4) is 0 Å². The van der Waals surface area contributed by atoms with E-state index in [4.69, 9.17) is 4.74 Å². The van der Waals surface area contributed by atoms with Crippen molar-refractivity contribution in [2.45, 2.75) is 52.1 Å². The molecule has 0 aromatic heterocycles. The molecule has 1 aliphatic carbocycles. The fourth-order valence-electron chi connectivity index (χ4n) is 3.05. The number of ether oxygens (including phenoxy) is 1. The number of para-hydroxylation sites is 1. The minimum absolute atomic E-state index is 0.0620. The molecular weight excluding hydrogens is 348 g/mol. The van der Waals surface area contributed by atoms with Gasteiger partial charge in [-0.25, -0.2) is 0 Å². The van der Waals surface area contributed by atoms with Crippen LogP contribution in [-0.4, -0.2) is 47.0 Å². The molecule has 0 radical (unpaired) electrons. The molecule has 0 bridgehead atoms. The highest BCUT2D eigenvalue weighted by atomic mass is 16.5. The third kappa shape index (κ3) is 5.98. The number of carboxylic acid groups (broad SMARTS) is 1. The first-order valence-electron chi connectivity index (χ1n) is 9.34. The van der Waals surface area contributed by atoms with Crippen LogP contribution in [0.25, 0.3) is 0 Å². The molecule has 2 rings (SSSR count). The topological polar surface area (TPSA) is 95.9 Å². The molecule has 1 aliphatic rings. The number of nitrogens with one attached hydrogen (secondary N) is 1. The molecule has 7 nitrogen and oxygen atoms in total. The maximum Gasteiger partial charge on any atom is 0.308 e. The van der Waals surface area contributed by atoms with Gasteiger partial charge in [0.25, 0.3) is 0 Å². The lowest BCUT2D eigenvalue weighted by Gasteiger charge is -2.27. The molecule has 1 aromatic carbocycles. The van der Waals surface area contributed by atoms with E-state index < -0.39 is 17.9 Å². The first-order valence-corrected chi connectivity index (χ1v) is 9.34. The van der Waals surface area contributed by atoms with Crippen molar-refractivity contribution in [3.8, 4) is 5.75 Å². The van der Waals surface area contributed by atoms with Gasteiger partial charge in [-0.05, 0) is 25.8 Å². The van der Waals surface area contributed by atoms with Gasteiger partial charge in [-0.2, -0.15) is 0 Å². The summed E-state index contributed by atoms with van der Waals surface area (Å²) in [6.07, 6.45) is 1.84. The maximum atomic E-state index is 13.0. The second kappa shape index (κ2) is 9.39. The van der Waals surface area contributed by atoms with Gasteiger partial charge < -0.3 is 20.1 Å². The van der Waals surface area contributed by atoms with Gasteiger partial charge in [-0.1, -0.05) is 25.1 Å². The number of carboxylic acids is 1. The second-order valence-corrected chi connectivity index (χ2v) is 6.94. The molecule has 1 saturated carbocycles. The van der Waals surface area contributed by atoms with Gasteiger partial charge in [0.15, 0.2) is 0 Å². The first-order chi connectivity index (χ1) is 12.8. The van der Waals surface area contributed by atoms with Crippen molar-refractivity contribution in [3.63, 3.8) is 0 Å². The van der Waals surface area contributed by atoms with Crippen LogP contribution < -0.4 is 10.1 Å². The second-order valence-electron chi connectivity index (χ2n) is 6.94. The highest BCUT2D eigenvalue weighted by Crippen LogP contribution is 2.32. The molecule has 2 atom stereocenters. The predicted molar refractivity (Wildman–Crippen MR) is 100 cm³/mol. The number of carbonyl (C=O) groups is 3. The molecule has 2 N–H and O–H groups in total. The van der Waals surface area contributed by atoms with Crippen LogP contribution in [0.5, 0.6) is 5.75 Å². The molecule has 27 heavy (non-hydrogen) atoms. The van der Waals surface area contributed by atoms with Gasteiger partial charge in [-0.3, -0.25) is 14.4 Å². The van der Waals surface area contributed by atoms with Crippen LogP contribution >= 0.6 is 0 Å². The SMILES string of the molecule is CCOc1ccccc1C(CC(=O)N(CC(C)C(=O)O)C1CC1)NC(C)=O. The van der Waals surface area contributed by atoms with Crippen molar-refractivity contribution in [3.05, 3.63) is 29.8 Å². The van der Waals surface area contributed by atoms with Crippen molar-refractivity contribution in [1.29, 1.82) is 0 Å². The standard InChI is InChI=1S/C20H28N2O5/c1-4-27-18-8-6-5-7-16(18)17(21-14(3)23)11-19(24)22(15-9-10-15)12-13(2)20(25)26/h5-8,13,15,17H,4,9-12H2,1-3H3,(H,21,23)(H,25,26). The molecule has 0 aliphatic heterocycles. The van der Waals surface area contributed by atoms with E-state index in [1.807, 2.05) is 31.2 Å². The summed E-state index contributed by atoms with van der Waals surface area (Å²) in [5, 5.41) is 12.0. The van der Waals surface area contributed by atoms with Crippen molar-refractivity contribution < 1.29 is 24.2 Å². The zero-order valence-electron chi connectivity index (χ0n) is 16.1. The summed E-state index contributed by atoms with van der Waals surface area (Å²) in [7, 11) is 0. The Balaban J connectivity index is 2.20. The fraction of sp³-hybridized carbons (Fsp3) is 0.550. The number of benzene rings is 1. The molecule has 1 fully saturated rings. The number of hydrogen-bond donors (Lipinski definition) is 2. The summed E-state index contributed by atoms with van der Waals surface area (Å²) >= 11 is 0. The monoisotopic (exact) mass is 376 g/mol. The summed E-state index contributed by atoms with van der Waals surface area (Å²) in [4.78, 5) is 37.5. The van der Waals surface area contributed by atoms with Crippen LogP contribution in [-0.2, 0) is 14.4 Å². The maximum absolute atomic E-state index is 13.0. The van der Waals surface area contributed by atoms with Crippen molar-refractivity contribution in [2.24, 2.45) is 5.92 Å². The van der Waals surface area contributed by atoms with E-state index in [0.717, 1.165) is 18.4 Å². The van der Waals surface area contributed by atoms with Crippen molar-refractivity contribution in [2.75, 3.05) is 13.2 Å². The highest BCUT2D eigenvalue weighted by molar-refractivity contribution is 5.80. The molecule has 2 amide bonds. The quantitative estimate of drug-likeness (QED) is 0.653. The van der Waals surface area contributed by atoms with E-state index >= 15 is 0 Å². The molecular formula is C20H28N2O5. The summed E-state index contributed by atoms with van der Waals surface area (Å²) in [6.45, 7) is 5.53. The van der Waals surface area contributed by atoms with Crippen molar-refractivity contribution >= 4 is 17.8 Å². The zero-order chi connectivity index (χ0) is 20.0. The molecule has 0 saturated heterocycles. The van der Waals surface area contributed by atoms with E-state index in [2.05, 4.69) is 5.32 Å². The Kier molecular flexibility index (Phi) is 7.21. The van der Waals surface area contributed by atoms with Crippen LogP contribution in [0.2, 0.25) is 0 Å². The van der Waals surface area contributed by atoms with E-state index in [9.17, 15) is 19.5 Å². The number of hydrogen-bond acceptors (Lipinski definition) is 4. The Labute approximate surface area is 159 Å². The lowest BCUT2D eigenvalue weighted by atomic mass is 10.0. The molecule has 0 heterocycles. The zero-order valence-corrected chi connectivity index (χ0v) is 16.1. The molecule has 2 unspecified atom stereocenters. The number of nitrogens with zero attached hydrogens (tertiary/aromatic N) is 1.